The predicted octanol–water partition coefficient (Wildman–Crippen LogP) is 1.25. The zero-order valence-corrected chi connectivity index (χ0v) is 8.96. The highest BCUT2D eigenvalue weighted by Crippen LogP contribution is 2.13. The van der Waals surface area contributed by atoms with Gasteiger partial charge in [0.25, 0.3) is 12.3 Å². The molecule has 0 spiro atoms. The predicted molar refractivity (Wildman–Crippen MR) is 52.5 cm³/mol. The maximum atomic E-state index is 11.9. The summed E-state index contributed by atoms with van der Waals surface area (Å²) in [4.78, 5) is 11.5. The highest BCUT2D eigenvalue weighted by atomic mass is 19.3. The number of aliphatic hydroxyl groups is 1. The molecule has 1 unspecified atom stereocenters. The van der Waals surface area contributed by atoms with Gasteiger partial charge in [0, 0.05) is 6.54 Å². The second-order valence-corrected chi connectivity index (χ2v) is 3.44. The summed E-state index contributed by atoms with van der Waals surface area (Å²) >= 11 is 0. The van der Waals surface area contributed by atoms with Crippen molar-refractivity contribution in [2.24, 2.45) is 0 Å². The molecule has 6 heteroatoms. The van der Waals surface area contributed by atoms with E-state index in [0.717, 1.165) is 0 Å². The van der Waals surface area contributed by atoms with E-state index in [0.29, 0.717) is 17.1 Å². The smallest absolute Gasteiger partial charge is 0.265 e. The Balaban J connectivity index is 2.56. The number of halogens is 2. The SMILES string of the molecule is Cc1cc(C(=O)NCC(O)C(F)F)c(C)o1. The number of carbonyl (C=O) groups excluding carboxylic acids is 1. The Bertz CT molecular complexity index is 376. The number of amides is 1. The van der Waals surface area contributed by atoms with Crippen molar-refractivity contribution in [2.45, 2.75) is 26.4 Å². The van der Waals surface area contributed by atoms with E-state index in [4.69, 9.17) is 9.52 Å². The van der Waals surface area contributed by atoms with Crippen LogP contribution in [0.1, 0.15) is 21.9 Å². The Morgan fingerprint density at radius 3 is 2.62 bits per heavy atom. The van der Waals surface area contributed by atoms with Crippen LogP contribution in [0, 0.1) is 13.8 Å². The Hall–Kier alpha value is -1.43. The van der Waals surface area contributed by atoms with Gasteiger partial charge in [-0.2, -0.15) is 0 Å². The summed E-state index contributed by atoms with van der Waals surface area (Å²) in [5, 5.41) is 11.0. The van der Waals surface area contributed by atoms with Gasteiger partial charge in [0.05, 0.1) is 5.56 Å². The topological polar surface area (TPSA) is 62.5 Å². The number of furan rings is 1. The van der Waals surface area contributed by atoms with Gasteiger partial charge in [0.15, 0.2) is 0 Å². The van der Waals surface area contributed by atoms with Crippen LogP contribution in [-0.4, -0.2) is 30.1 Å². The third-order valence-electron chi connectivity index (χ3n) is 2.05. The Morgan fingerprint density at radius 2 is 2.19 bits per heavy atom. The molecule has 0 saturated heterocycles. The number of alkyl halides is 2. The van der Waals surface area contributed by atoms with Gasteiger partial charge >= 0.3 is 0 Å². The van der Waals surface area contributed by atoms with E-state index in [1.54, 1.807) is 13.8 Å². The van der Waals surface area contributed by atoms with Crippen molar-refractivity contribution in [3.8, 4) is 0 Å². The third kappa shape index (κ3) is 3.03. The van der Waals surface area contributed by atoms with Gasteiger partial charge < -0.3 is 14.8 Å². The fourth-order valence-corrected chi connectivity index (χ4v) is 1.24. The van der Waals surface area contributed by atoms with Crippen LogP contribution in [0.2, 0.25) is 0 Å². The fraction of sp³-hybridized carbons (Fsp3) is 0.500. The van der Waals surface area contributed by atoms with Crippen LogP contribution in [-0.2, 0) is 0 Å². The van der Waals surface area contributed by atoms with Crippen molar-refractivity contribution >= 4 is 5.91 Å². The third-order valence-corrected chi connectivity index (χ3v) is 2.05. The molecule has 1 aromatic heterocycles. The summed E-state index contributed by atoms with van der Waals surface area (Å²) in [5.41, 5.74) is 0.291. The molecule has 1 rings (SSSR count). The number of hydrogen-bond donors (Lipinski definition) is 2. The van der Waals surface area contributed by atoms with Crippen LogP contribution in [0.15, 0.2) is 10.5 Å². The minimum atomic E-state index is -2.87. The molecular weight excluding hydrogens is 220 g/mol. The maximum Gasteiger partial charge on any atom is 0.265 e. The maximum absolute atomic E-state index is 11.9. The van der Waals surface area contributed by atoms with Crippen molar-refractivity contribution in [3.05, 3.63) is 23.2 Å². The van der Waals surface area contributed by atoms with E-state index >= 15 is 0 Å². The Morgan fingerprint density at radius 1 is 1.56 bits per heavy atom. The molecule has 1 atom stereocenters. The zero-order chi connectivity index (χ0) is 12.3. The first-order valence-electron chi connectivity index (χ1n) is 4.73. The lowest BCUT2D eigenvalue weighted by Gasteiger charge is -2.09. The van der Waals surface area contributed by atoms with E-state index in [9.17, 15) is 13.6 Å². The average Bonchev–Trinajstić information content (AvgIpc) is 2.53. The Labute approximate surface area is 91.3 Å². The number of hydrogen-bond acceptors (Lipinski definition) is 3. The van der Waals surface area contributed by atoms with Gasteiger partial charge in [0.1, 0.15) is 17.6 Å². The van der Waals surface area contributed by atoms with E-state index in [2.05, 4.69) is 5.32 Å². The van der Waals surface area contributed by atoms with Crippen molar-refractivity contribution in [1.82, 2.24) is 5.32 Å². The molecular formula is C10H13F2NO3. The van der Waals surface area contributed by atoms with E-state index in [1.165, 1.54) is 6.07 Å². The van der Waals surface area contributed by atoms with Gasteiger partial charge in [-0.3, -0.25) is 4.79 Å². The molecule has 0 aliphatic heterocycles. The lowest BCUT2D eigenvalue weighted by molar-refractivity contribution is -0.00270. The van der Waals surface area contributed by atoms with Crippen LogP contribution in [0.5, 0.6) is 0 Å². The molecule has 0 aliphatic rings. The van der Waals surface area contributed by atoms with Crippen molar-refractivity contribution < 1.29 is 23.1 Å². The summed E-state index contributed by atoms with van der Waals surface area (Å²) < 4.78 is 29.0. The van der Waals surface area contributed by atoms with Gasteiger partial charge in [-0.25, -0.2) is 8.78 Å². The standard InChI is InChI=1S/C10H13F2NO3/c1-5-3-7(6(2)16-5)10(15)13-4-8(14)9(11)12/h3,8-9,14H,4H2,1-2H3,(H,13,15). The lowest BCUT2D eigenvalue weighted by atomic mass is 10.2. The van der Waals surface area contributed by atoms with Crippen LogP contribution < -0.4 is 5.32 Å². The van der Waals surface area contributed by atoms with Crippen molar-refractivity contribution in [1.29, 1.82) is 0 Å². The van der Waals surface area contributed by atoms with E-state index < -0.39 is 25.0 Å². The molecule has 0 bridgehead atoms. The molecule has 90 valence electrons. The summed E-state index contributed by atoms with van der Waals surface area (Å²) in [6.07, 6.45) is -4.72. The van der Waals surface area contributed by atoms with Gasteiger partial charge in [-0.05, 0) is 19.9 Å². The number of aryl methyl sites for hydroxylation is 2. The first-order chi connectivity index (χ1) is 7.41. The Kier molecular flexibility index (Phi) is 4.00. The molecule has 2 N–H and O–H groups in total. The van der Waals surface area contributed by atoms with Crippen LogP contribution in [0.3, 0.4) is 0 Å². The second kappa shape index (κ2) is 5.07. The summed E-state index contributed by atoms with van der Waals surface area (Å²) in [6, 6.07) is 1.51. The highest BCUT2D eigenvalue weighted by molar-refractivity contribution is 5.95. The molecule has 1 amide bonds. The normalized spacial score (nSPS) is 12.9. The molecule has 0 fully saturated rings. The quantitative estimate of drug-likeness (QED) is 0.822. The average molecular weight is 233 g/mol. The summed E-state index contributed by atoms with van der Waals surface area (Å²) in [5.74, 6) is 0.452. The number of nitrogens with one attached hydrogen (secondary N) is 1. The van der Waals surface area contributed by atoms with Crippen LogP contribution in [0.4, 0.5) is 8.78 Å². The van der Waals surface area contributed by atoms with E-state index in [-0.39, 0.29) is 0 Å². The highest BCUT2D eigenvalue weighted by Gasteiger charge is 2.19. The molecule has 0 aromatic carbocycles. The minimum absolute atomic E-state index is 0.291. The van der Waals surface area contributed by atoms with Crippen molar-refractivity contribution in [3.63, 3.8) is 0 Å². The first kappa shape index (κ1) is 12.6. The van der Waals surface area contributed by atoms with E-state index in [1.807, 2.05) is 0 Å². The molecule has 1 aromatic rings. The molecule has 0 aliphatic carbocycles. The lowest BCUT2D eigenvalue weighted by Crippen LogP contribution is -2.35. The van der Waals surface area contributed by atoms with Gasteiger partial charge in [0.2, 0.25) is 0 Å². The number of rotatable bonds is 4. The molecule has 1 heterocycles. The fourth-order valence-electron chi connectivity index (χ4n) is 1.24. The zero-order valence-electron chi connectivity index (χ0n) is 8.96. The molecule has 0 radical (unpaired) electrons. The number of aliphatic hydroxyl groups excluding tert-OH is 1. The van der Waals surface area contributed by atoms with Crippen LogP contribution in [0.25, 0.3) is 0 Å². The molecule has 0 saturated carbocycles. The summed E-state index contributed by atoms with van der Waals surface area (Å²) in [7, 11) is 0. The monoisotopic (exact) mass is 233 g/mol. The second-order valence-electron chi connectivity index (χ2n) is 3.44. The summed E-state index contributed by atoms with van der Waals surface area (Å²) in [6.45, 7) is 2.80. The number of carbonyl (C=O) groups is 1. The largest absolute Gasteiger partial charge is 0.466 e. The minimum Gasteiger partial charge on any atom is -0.466 e. The van der Waals surface area contributed by atoms with Gasteiger partial charge in [-0.15, -0.1) is 0 Å². The van der Waals surface area contributed by atoms with Gasteiger partial charge in [-0.1, -0.05) is 0 Å². The van der Waals surface area contributed by atoms with Crippen molar-refractivity contribution in [2.75, 3.05) is 6.54 Å². The molecule has 4 nitrogen and oxygen atoms in total. The molecule has 16 heavy (non-hydrogen) atoms. The van der Waals surface area contributed by atoms with Crippen LogP contribution >= 0.6 is 0 Å². The first-order valence-corrected chi connectivity index (χ1v) is 4.73.